The van der Waals surface area contributed by atoms with Crippen LogP contribution in [-0.2, 0) is 0 Å². The fraction of sp³-hybridized carbons (Fsp3) is 0.312. The maximum atomic E-state index is 9.35. The Kier molecular flexibility index (Phi) is 4.18. The van der Waals surface area contributed by atoms with E-state index in [4.69, 9.17) is 16.2 Å². The molecule has 6 nitrogen and oxygen atoms in total. The minimum atomic E-state index is 0.0489. The molecule has 4 N–H and O–H groups in total. The Morgan fingerprint density at radius 3 is 2.45 bits per heavy atom. The number of nitrogens with two attached hydrogens (primary N) is 2. The number of methoxy groups -OCH3 is 1. The van der Waals surface area contributed by atoms with Gasteiger partial charge in [-0.1, -0.05) is 13.8 Å². The molecule has 114 valence electrons. The third-order valence-corrected chi connectivity index (χ3v) is 3.52. The van der Waals surface area contributed by atoms with Gasteiger partial charge in [-0.15, -0.1) is 0 Å². The highest BCUT2D eigenvalue weighted by Gasteiger charge is 2.18. The van der Waals surface area contributed by atoms with Crippen molar-refractivity contribution in [3.63, 3.8) is 0 Å². The average molecular weight is 297 g/mol. The molecule has 6 heteroatoms. The second kappa shape index (κ2) is 5.90. The summed E-state index contributed by atoms with van der Waals surface area (Å²) in [4.78, 5) is 8.06. The van der Waals surface area contributed by atoms with Crippen molar-refractivity contribution in [2.24, 2.45) is 0 Å². The molecule has 0 unspecified atom stereocenters. The van der Waals surface area contributed by atoms with Crippen LogP contribution in [0.2, 0.25) is 0 Å². The van der Waals surface area contributed by atoms with Gasteiger partial charge in [0.2, 0.25) is 5.95 Å². The van der Waals surface area contributed by atoms with Crippen LogP contribution in [0.4, 0.5) is 11.8 Å². The van der Waals surface area contributed by atoms with Crippen molar-refractivity contribution in [2.75, 3.05) is 18.6 Å². The van der Waals surface area contributed by atoms with Crippen molar-refractivity contribution in [3.05, 3.63) is 28.8 Å². The number of hydrogen-bond donors (Lipinski definition) is 2. The SMILES string of the molecule is COc1cc(C)c(-c2nc(N)nc(N)c2C#N)cc1C(C)C. The van der Waals surface area contributed by atoms with Gasteiger partial charge in [0.15, 0.2) is 0 Å². The Hall–Kier alpha value is -2.81. The van der Waals surface area contributed by atoms with Crippen molar-refractivity contribution in [1.29, 1.82) is 5.26 Å². The Morgan fingerprint density at radius 2 is 1.91 bits per heavy atom. The van der Waals surface area contributed by atoms with Gasteiger partial charge in [0, 0.05) is 5.56 Å². The fourth-order valence-corrected chi connectivity index (χ4v) is 2.38. The number of hydrogen-bond acceptors (Lipinski definition) is 6. The molecule has 0 amide bonds. The molecule has 0 fully saturated rings. The van der Waals surface area contributed by atoms with Crippen molar-refractivity contribution in [1.82, 2.24) is 9.97 Å². The molecule has 1 heterocycles. The lowest BCUT2D eigenvalue weighted by molar-refractivity contribution is 0.407. The number of aryl methyl sites for hydroxylation is 1. The van der Waals surface area contributed by atoms with Crippen LogP contribution in [0.25, 0.3) is 11.3 Å². The first kappa shape index (κ1) is 15.6. The molecule has 1 aromatic heterocycles. The number of rotatable bonds is 3. The van der Waals surface area contributed by atoms with Crippen LogP contribution >= 0.6 is 0 Å². The Morgan fingerprint density at radius 1 is 1.23 bits per heavy atom. The first-order chi connectivity index (χ1) is 10.4. The van der Waals surface area contributed by atoms with Gasteiger partial charge < -0.3 is 16.2 Å². The van der Waals surface area contributed by atoms with Crippen molar-refractivity contribution in [3.8, 4) is 23.1 Å². The summed E-state index contributed by atoms with van der Waals surface area (Å²) in [6.45, 7) is 6.08. The number of nitriles is 1. The summed E-state index contributed by atoms with van der Waals surface area (Å²) in [6.07, 6.45) is 0. The zero-order valence-corrected chi connectivity index (χ0v) is 13.1. The molecule has 2 aromatic rings. The lowest BCUT2D eigenvalue weighted by Gasteiger charge is -2.16. The van der Waals surface area contributed by atoms with Crippen LogP contribution < -0.4 is 16.2 Å². The minimum absolute atomic E-state index is 0.0489. The normalized spacial score (nSPS) is 10.5. The average Bonchev–Trinajstić information content (AvgIpc) is 2.45. The molecule has 0 bridgehead atoms. The standard InChI is InChI=1S/C16H19N5O/c1-8(2)10-6-11(9(3)5-13(10)22-4)14-12(7-17)15(18)21-16(19)20-14/h5-6,8H,1-4H3,(H4,18,19,20,21). The maximum absolute atomic E-state index is 9.35. The van der Waals surface area contributed by atoms with E-state index in [0.717, 1.165) is 22.4 Å². The highest BCUT2D eigenvalue weighted by molar-refractivity contribution is 5.76. The van der Waals surface area contributed by atoms with Crippen molar-refractivity contribution in [2.45, 2.75) is 26.7 Å². The fourth-order valence-electron chi connectivity index (χ4n) is 2.38. The summed E-state index contributed by atoms with van der Waals surface area (Å²) in [5.74, 6) is 1.21. The monoisotopic (exact) mass is 297 g/mol. The highest BCUT2D eigenvalue weighted by Crippen LogP contribution is 2.35. The van der Waals surface area contributed by atoms with Crippen LogP contribution in [0.15, 0.2) is 12.1 Å². The van der Waals surface area contributed by atoms with E-state index >= 15 is 0 Å². The van der Waals surface area contributed by atoms with E-state index in [-0.39, 0.29) is 23.2 Å². The largest absolute Gasteiger partial charge is 0.496 e. The van der Waals surface area contributed by atoms with Gasteiger partial charge in [0.1, 0.15) is 23.2 Å². The predicted octanol–water partition coefficient (Wildman–Crippen LogP) is 2.62. The maximum Gasteiger partial charge on any atom is 0.222 e. The van der Waals surface area contributed by atoms with E-state index in [2.05, 4.69) is 29.9 Å². The zero-order valence-electron chi connectivity index (χ0n) is 13.1. The van der Waals surface area contributed by atoms with Crippen LogP contribution in [0.1, 0.15) is 36.5 Å². The molecule has 0 saturated carbocycles. The second-order valence-electron chi connectivity index (χ2n) is 5.37. The highest BCUT2D eigenvalue weighted by atomic mass is 16.5. The molecule has 2 rings (SSSR count). The van der Waals surface area contributed by atoms with Crippen molar-refractivity contribution >= 4 is 11.8 Å². The van der Waals surface area contributed by atoms with E-state index in [1.807, 2.05) is 19.1 Å². The number of ether oxygens (including phenoxy) is 1. The van der Waals surface area contributed by atoms with Gasteiger partial charge in [-0.3, -0.25) is 0 Å². The number of nitrogens with zero attached hydrogens (tertiary/aromatic N) is 3. The van der Waals surface area contributed by atoms with Gasteiger partial charge in [-0.2, -0.15) is 10.2 Å². The molecule has 0 spiro atoms. The Balaban J connectivity index is 2.79. The Bertz CT molecular complexity index is 762. The molecule has 0 aliphatic carbocycles. The van der Waals surface area contributed by atoms with Gasteiger partial charge >= 0.3 is 0 Å². The number of benzene rings is 1. The quantitative estimate of drug-likeness (QED) is 0.900. The first-order valence-corrected chi connectivity index (χ1v) is 6.91. The topological polar surface area (TPSA) is 111 Å². The smallest absolute Gasteiger partial charge is 0.222 e. The minimum Gasteiger partial charge on any atom is -0.496 e. The van der Waals surface area contributed by atoms with E-state index in [0.29, 0.717) is 5.69 Å². The third-order valence-electron chi connectivity index (χ3n) is 3.52. The molecule has 0 aliphatic rings. The molecule has 0 saturated heterocycles. The van der Waals surface area contributed by atoms with E-state index in [9.17, 15) is 5.26 Å². The van der Waals surface area contributed by atoms with E-state index in [1.54, 1.807) is 7.11 Å². The van der Waals surface area contributed by atoms with Crippen molar-refractivity contribution < 1.29 is 4.74 Å². The van der Waals surface area contributed by atoms with Crippen LogP contribution in [0.3, 0.4) is 0 Å². The molecule has 0 radical (unpaired) electrons. The molecule has 22 heavy (non-hydrogen) atoms. The lowest BCUT2D eigenvalue weighted by Crippen LogP contribution is -2.06. The molecular formula is C16H19N5O. The molecular weight excluding hydrogens is 278 g/mol. The molecule has 1 aromatic carbocycles. The number of anilines is 2. The first-order valence-electron chi connectivity index (χ1n) is 6.91. The second-order valence-corrected chi connectivity index (χ2v) is 5.37. The molecule has 0 aliphatic heterocycles. The third kappa shape index (κ3) is 2.66. The van der Waals surface area contributed by atoms with Crippen LogP contribution in [-0.4, -0.2) is 17.1 Å². The van der Waals surface area contributed by atoms with E-state index in [1.165, 1.54) is 0 Å². The van der Waals surface area contributed by atoms with Gasteiger partial charge in [-0.05, 0) is 36.1 Å². The number of aromatic nitrogens is 2. The lowest BCUT2D eigenvalue weighted by atomic mass is 9.93. The summed E-state index contributed by atoms with van der Waals surface area (Å²) < 4.78 is 5.44. The van der Waals surface area contributed by atoms with Gasteiger partial charge in [0.25, 0.3) is 0 Å². The molecule has 0 atom stereocenters. The zero-order chi connectivity index (χ0) is 16.4. The van der Waals surface area contributed by atoms with E-state index < -0.39 is 0 Å². The summed E-state index contributed by atoms with van der Waals surface area (Å²) in [7, 11) is 1.64. The summed E-state index contributed by atoms with van der Waals surface area (Å²) in [5, 5.41) is 9.35. The van der Waals surface area contributed by atoms with Crippen LogP contribution in [0.5, 0.6) is 5.75 Å². The number of nitrogen functional groups attached to an aromatic ring is 2. The summed E-state index contributed by atoms with van der Waals surface area (Å²) in [6, 6.07) is 5.96. The van der Waals surface area contributed by atoms with Gasteiger partial charge in [0.05, 0.1) is 12.8 Å². The summed E-state index contributed by atoms with van der Waals surface area (Å²) >= 11 is 0. The summed E-state index contributed by atoms with van der Waals surface area (Å²) in [5.41, 5.74) is 14.9. The van der Waals surface area contributed by atoms with Gasteiger partial charge in [-0.25, -0.2) is 4.98 Å². The predicted molar refractivity (Wildman–Crippen MR) is 86.4 cm³/mol. The Labute approximate surface area is 129 Å². The van der Waals surface area contributed by atoms with Crippen LogP contribution in [0, 0.1) is 18.3 Å².